The Morgan fingerprint density at radius 3 is 2.96 bits per heavy atom. The average Bonchev–Trinajstić information content (AvgIpc) is 2.47. The standard InChI is InChI=1S/C18H24N4O/c1-5-22-16-7-6-14(12-20-21-17(23)8-9-19)10-15(16)13(2)11-18(22,3)4/h6-7,10,12-13H,5,8,11H2,1-4H3,(H,21,23)/b20-12+. The van der Waals surface area contributed by atoms with Gasteiger partial charge in [-0.25, -0.2) is 5.43 Å². The summed E-state index contributed by atoms with van der Waals surface area (Å²) in [6.45, 7) is 9.99. The quantitative estimate of drug-likeness (QED) is 0.686. The molecule has 1 aromatic carbocycles. The molecule has 0 aliphatic carbocycles. The molecule has 0 fully saturated rings. The highest BCUT2D eigenvalue weighted by molar-refractivity contribution is 5.84. The van der Waals surface area contributed by atoms with Crippen molar-refractivity contribution in [3.05, 3.63) is 29.3 Å². The molecule has 1 N–H and O–H groups in total. The Kier molecular flexibility index (Phi) is 5.05. The molecule has 1 heterocycles. The molecule has 23 heavy (non-hydrogen) atoms. The number of rotatable bonds is 4. The van der Waals surface area contributed by atoms with Crippen molar-refractivity contribution in [1.82, 2.24) is 5.43 Å². The van der Waals surface area contributed by atoms with Gasteiger partial charge in [0.1, 0.15) is 6.42 Å². The minimum atomic E-state index is -0.394. The molecule has 0 spiro atoms. The van der Waals surface area contributed by atoms with Crippen molar-refractivity contribution in [1.29, 1.82) is 5.26 Å². The average molecular weight is 312 g/mol. The van der Waals surface area contributed by atoms with E-state index in [-0.39, 0.29) is 12.0 Å². The fraction of sp³-hybridized carbons (Fsp3) is 0.500. The normalized spacial score (nSPS) is 19.3. The van der Waals surface area contributed by atoms with Crippen molar-refractivity contribution in [2.75, 3.05) is 11.4 Å². The summed E-state index contributed by atoms with van der Waals surface area (Å²) in [5, 5.41) is 12.4. The van der Waals surface area contributed by atoms with Crippen molar-refractivity contribution in [2.45, 2.75) is 52.0 Å². The second kappa shape index (κ2) is 6.82. The maximum absolute atomic E-state index is 11.2. The summed E-state index contributed by atoms with van der Waals surface area (Å²) in [5.41, 5.74) is 6.05. The molecule has 5 nitrogen and oxygen atoms in total. The molecular weight excluding hydrogens is 288 g/mol. The Bertz CT molecular complexity index is 657. The molecular formula is C18H24N4O. The van der Waals surface area contributed by atoms with Crippen LogP contribution in [0.2, 0.25) is 0 Å². The van der Waals surface area contributed by atoms with E-state index in [4.69, 9.17) is 5.26 Å². The Labute approximate surface area is 138 Å². The topological polar surface area (TPSA) is 68.5 Å². The van der Waals surface area contributed by atoms with Crippen molar-refractivity contribution in [2.24, 2.45) is 5.10 Å². The molecule has 2 rings (SSSR count). The van der Waals surface area contributed by atoms with E-state index in [0.717, 1.165) is 18.5 Å². The first-order valence-electron chi connectivity index (χ1n) is 7.99. The SMILES string of the molecule is CCN1c2ccc(/C=N/NC(=O)CC#N)cc2C(C)CC1(C)C. The van der Waals surface area contributed by atoms with Crippen LogP contribution in [-0.4, -0.2) is 24.2 Å². The van der Waals surface area contributed by atoms with Crippen molar-refractivity contribution in [3.63, 3.8) is 0 Å². The van der Waals surface area contributed by atoms with Crippen LogP contribution in [-0.2, 0) is 4.79 Å². The second-order valence-corrected chi connectivity index (χ2v) is 6.61. The predicted molar refractivity (Wildman–Crippen MR) is 92.5 cm³/mol. The van der Waals surface area contributed by atoms with Gasteiger partial charge in [0.2, 0.25) is 0 Å². The van der Waals surface area contributed by atoms with Crippen LogP contribution in [0.5, 0.6) is 0 Å². The molecule has 0 aromatic heterocycles. The zero-order chi connectivity index (χ0) is 17.0. The van der Waals surface area contributed by atoms with E-state index >= 15 is 0 Å². The molecule has 1 aliphatic rings. The van der Waals surface area contributed by atoms with Crippen LogP contribution in [0, 0.1) is 11.3 Å². The van der Waals surface area contributed by atoms with Crippen molar-refractivity contribution >= 4 is 17.8 Å². The third-order valence-electron chi connectivity index (χ3n) is 4.37. The molecule has 1 unspecified atom stereocenters. The summed E-state index contributed by atoms with van der Waals surface area (Å²) in [7, 11) is 0. The first kappa shape index (κ1) is 17.0. The van der Waals surface area contributed by atoms with Gasteiger partial charge in [0.25, 0.3) is 5.91 Å². The summed E-state index contributed by atoms with van der Waals surface area (Å²) in [4.78, 5) is 13.7. The number of benzene rings is 1. The summed E-state index contributed by atoms with van der Waals surface area (Å²) >= 11 is 0. The third-order valence-corrected chi connectivity index (χ3v) is 4.37. The highest BCUT2D eigenvalue weighted by atomic mass is 16.2. The number of nitrogens with zero attached hydrogens (tertiary/aromatic N) is 3. The molecule has 122 valence electrons. The van der Waals surface area contributed by atoms with Gasteiger partial charge in [-0.15, -0.1) is 0 Å². The molecule has 1 aliphatic heterocycles. The van der Waals surface area contributed by atoms with Crippen molar-refractivity contribution < 1.29 is 4.79 Å². The molecule has 1 amide bonds. The molecule has 0 bridgehead atoms. The van der Waals surface area contributed by atoms with Crippen molar-refractivity contribution in [3.8, 4) is 6.07 Å². The van der Waals surface area contributed by atoms with Gasteiger partial charge >= 0.3 is 0 Å². The van der Waals surface area contributed by atoms with Gasteiger partial charge in [0, 0.05) is 17.8 Å². The lowest BCUT2D eigenvalue weighted by atomic mass is 9.79. The first-order valence-corrected chi connectivity index (χ1v) is 7.99. The maximum Gasteiger partial charge on any atom is 0.254 e. The third kappa shape index (κ3) is 3.70. The van der Waals surface area contributed by atoms with Gasteiger partial charge in [0.05, 0.1) is 12.3 Å². The van der Waals surface area contributed by atoms with Gasteiger partial charge in [-0.1, -0.05) is 13.0 Å². The van der Waals surface area contributed by atoms with Gasteiger partial charge in [0.15, 0.2) is 0 Å². The number of carbonyl (C=O) groups is 1. The van der Waals surface area contributed by atoms with Crippen LogP contribution in [0.4, 0.5) is 5.69 Å². The number of carbonyl (C=O) groups excluding carboxylic acids is 1. The summed E-state index contributed by atoms with van der Waals surface area (Å²) < 4.78 is 0. The van der Waals surface area contributed by atoms with E-state index in [1.165, 1.54) is 11.3 Å². The number of fused-ring (bicyclic) bond motifs is 1. The number of nitriles is 1. The highest BCUT2D eigenvalue weighted by Gasteiger charge is 2.35. The summed E-state index contributed by atoms with van der Waals surface area (Å²) in [5.74, 6) is 0.0818. The van der Waals surface area contributed by atoms with E-state index in [1.807, 2.05) is 6.07 Å². The van der Waals surface area contributed by atoms with E-state index in [9.17, 15) is 4.79 Å². The van der Waals surface area contributed by atoms with Crippen LogP contribution >= 0.6 is 0 Å². The monoisotopic (exact) mass is 312 g/mol. The van der Waals surface area contributed by atoms with Gasteiger partial charge in [-0.2, -0.15) is 10.4 Å². The van der Waals surface area contributed by atoms with Crippen LogP contribution in [0.3, 0.4) is 0 Å². The second-order valence-electron chi connectivity index (χ2n) is 6.61. The number of hydrogen-bond donors (Lipinski definition) is 1. The summed E-state index contributed by atoms with van der Waals surface area (Å²) in [6, 6.07) is 8.07. The zero-order valence-corrected chi connectivity index (χ0v) is 14.3. The Morgan fingerprint density at radius 2 is 2.30 bits per heavy atom. The van der Waals surface area contributed by atoms with E-state index in [0.29, 0.717) is 5.92 Å². The van der Waals surface area contributed by atoms with Crippen LogP contribution in [0.15, 0.2) is 23.3 Å². The Hall–Kier alpha value is -2.35. The van der Waals surface area contributed by atoms with Gasteiger partial charge in [-0.05, 0) is 56.4 Å². The lowest BCUT2D eigenvalue weighted by molar-refractivity contribution is -0.120. The van der Waals surface area contributed by atoms with Gasteiger partial charge < -0.3 is 4.90 Å². The fourth-order valence-corrected chi connectivity index (χ4v) is 3.48. The van der Waals surface area contributed by atoms with Gasteiger partial charge in [-0.3, -0.25) is 4.79 Å². The molecule has 0 saturated carbocycles. The summed E-state index contributed by atoms with van der Waals surface area (Å²) in [6.07, 6.45) is 2.55. The van der Waals surface area contributed by atoms with Crippen LogP contribution in [0.1, 0.15) is 57.6 Å². The minimum absolute atomic E-state index is 0.155. The number of amides is 1. The van der Waals surface area contributed by atoms with E-state index in [2.05, 4.69) is 55.3 Å². The maximum atomic E-state index is 11.2. The first-order chi connectivity index (χ1) is 10.9. The van der Waals surface area contributed by atoms with E-state index < -0.39 is 5.91 Å². The lowest BCUT2D eigenvalue weighted by Gasteiger charge is -2.47. The molecule has 5 heteroatoms. The zero-order valence-electron chi connectivity index (χ0n) is 14.3. The molecule has 0 saturated heterocycles. The van der Waals surface area contributed by atoms with Crippen LogP contribution < -0.4 is 10.3 Å². The molecule has 1 aromatic rings. The predicted octanol–water partition coefficient (Wildman–Crippen LogP) is 3.16. The van der Waals surface area contributed by atoms with E-state index in [1.54, 1.807) is 12.3 Å². The number of nitrogens with one attached hydrogen (secondary N) is 1. The number of hydrazone groups is 1. The molecule has 0 radical (unpaired) electrons. The minimum Gasteiger partial charge on any atom is -0.366 e. The van der Waals surface area contributed by atoms with Crippen LogP contribution in [0.25, 0.3) is 0 Å². The lowest BCUT2D eigenvalue weighted by Crippen LogP contribution is -2.48. The highest BCUT2D eigenvalue weighted by Crippen LogP contribution is 2.43. The smallest absolute Gasteiger partial charge is 0.254 e. The Balaban J connectivity index is 2.23. The number of hydrogen-bond acceptors (Lipinski definition) is 4. The molecule has 1 atom stereocenters. The largest absolute Gasteiger partial charge is 0.366 e. The Morgan fingerprint density at radius 1 is 1.57 bits per heavy atom. The number of anilines is 1. The fourth-order valence-electron chi connectivity index (χ4n) is 3.48.